The zero-order valence-corrected chi connectivity index (χ0v) is 36.4. The first-order chi connectivity index (χ1) is 29.9. The van der Waals surface area contributed by atoms with Crippen LogP contribution in [0.25, 0.3) is 0 Å². The SMILES string of the molecule is CC(=O)OC[C@@H]1O[C@@H](O[C@H]2[C@H](O[C@@H]3[C@@H](OC(C)=O)[C@H](O)O[C@H](COC(C)=O)[C@@H]3OC(C)=O)O[C@H](COC(C)=O)[C@H](OC(C)=O)[C@@H]2OC(C)=O)[C@@H](OC(C)=O)[C@H](OC(C)=O)[C@@H]1OC(C)=O. The van der Waals surface area contributed by atoms with Crippen LogP contribution >= 0.6 is 0 Å². The molecule has 26 heteroatoms. The Hall–Kier alpha value is -5.54. The highest BCUT2D eigenvalue weighted by Gasteiger charge is 2.60. The van der Waals surface area contributed by atoms with Gasteiger partial charge >= 0.3 is 59.7 Å². The molecule has 0 spiro atoms. The zero-order valence-electron chi connectivity index (χ0n) is 36.4. The maximum Gasteiger partial charge on any atom is 0.303 e. The highest BCUT2D eigenvalue weighted by atomic mass is 16.8. The average molecular weight is 925 g/mol. The van der Waals surface area contributed by atoms with Crippen LogP contribution in [-0.2, 0) is 119 Å². The minimum absolute atomic E-state index is 0.688. The molecular formula is C38H52O26. The van der Waals surface area contributed by atoms with E-state index in [0.717, 1.165) is 69.2 Å². The van der Waals surface area contributed by atoms with Crippen LogP contribution in [-0.4, -0.2) is 177 Å². The molecule has 64 heavy (non-hydrogen) atoms. The van der Waals surface area contributed by atoms with Gasteiger partial charge in [0.05, 0.1) is 0 Å². The molecule has 15 atom stereocenters. The number of aliphatic hydroxyl groups excluding tert-OH is 1. The van der Waals surface area contributed by atoms with Crippen LogP contribution in [0.5, 0.6) is 0 Å². The molecule has 3 saturated heterocycles. The fourth-order valence-electron chi connectivity index (χ4n) is 6.77. The Morgan fingerprint density at radius 1 is 0.328 bits per heavy atom. The third-order valence-corrected chi connectivity index (χ3v) is 8.84. The molecule has 0 aromatic carbocycles. The minimum Gasteiger partial charge on any atom is -0.463 e. The van der Waals surface area contributed by atoms with Gasteiger partial charge in [0.2, 0.25) is 0 Å². The molecule has 3 aliphatic heterocycles. The molecule has 3 fully saturated rings. The maximum atomic E-state index is 12.9. The third kappa shape index (κ3) is 15.6. The van der Waals surface area contributed by atoms with Crippen LogP contribution in [0.1, 0.15) is 69.2 Å². The van der Waals surface area contributed by atoms with Gasteiger partial charge in [-0.05, 0) is 0 Å². The van der Waals surface area contributed by atoms with Gasteiger partial charge < -0.3 is 76.2 Å². The van der Waals surface area contributed by atoms with Crippen molar-refractivity contribution in [3.8, 4) is 0 Å². The van der Waals surface area contributed by atoms with Crippen molar-refractivity contribution in [2.75, 3.05) is 19.8 Å². The summed E-state index contributed by atoms with van der Waals surface area (Å²) in [7, 11) is 0. The number of carbonyl (C=O) groups excluding carboxylic acids is 10. The summed E-state index contributed by atoms with van der Waals surface area (Å²) in [6, 6.07) is 0. The van der Waals surface area contributed by atoms with Crippen LogP contribution in [0.3, 0.4) is 0 Å². The predicted molar refractivity (Wildman–Crippen MR) is 197 cm³/mol. The van der Waals surface area contributed by atoms with Gasteiger partial charge in [-0.1, -0.05) is 0 Å². The second-order valence-corrected chi connectivity index (χ2v) is 14.3. The molecule has 3 rings (SSSR count). The largest absolute Gasteiger partial charge is 0.463 e. The highest BCUT2D eigenvalue weighted by Crippen LogP contribution is 2.38. The van der Waals surface area contributed by atoms with E-state index in [4.69, 9.17) is 71.1 Å². The van der Waals surface area contributed by atoms with Crippen LogP contribution < -0.4 is 0 Å². The van der Waals surface area contributed by atoms with Gasteiger partial charge in [0.1, 0.15) is 44.2 Å². The maximum absolute atomic E-state index is 12.9. The van der Waals surface area contributed by atoms with E-state index in [1.54, 1.807) is 0 Å². The second kappa shape index (κ2) is 23.9. The van der Waals surface area contributed by atoms with Gasteiger partial charge in [-0.3, -0.25) is 47.9 Å². The van der Waals surface area contributed by atoms with Crippen molar-refractivity contribution in [2.24, 2.45) is 0 Å². The lowest BCUT2D eigenvalue weighted by molar-refractivity contribution is -0.388. The lowest BCUT2D eigenvalue weighted by Crippen LogP contribution is -2.69. The van der Waals surface area contributed by atoms with Gasteiger partial charge in [0.25, 0.3) is 0 Å². The summed E-state index contributed by atoms with van der Waals surface area (Å²) >= 11 is 0. The molecule has 0 aliphatic carbocycles. The van der Waals surface area contributed by atoms with Crippen molar-refractivity contribution in [2.45, 2.75) is 161 Å². The lowest BCUT2D eigenvalue weighted by Gasteiger charge is -2.50. The molecule has 0 saturated carbocycles. The number of hydrogen-bond donors (Lipinski definition) is 1. The monoisotopic (exact) mass is 924 g/mol. The van der Waals surface area contributed by atoms with Crippen LogP contribution in [0.4, 0.5) is 0 Å². The van der Waals surface area contributed by atoms with Gasteiger partial charge in [-0.25, -0.2) is 0 Å². The summed E-state index contributed by atoms with van der Waals surface area (Å²) in [5.74, 6) is -9.67. The number of ether oxygens (including phenoxy) is 15. The molecule has 0 amide bonds. The van der Waals surface area contributed by atoms with E-state index in [-0.39, 0.29) is 0 Å². The first-order valence-corrected chi connectivity index (χ1v) is 19.4. The van der Waals surface area contributed by atoms with E-state index in [0.29, 0.717) is 0 Å². The second-order valence-electron chi connectivity index (χ2n) is 14.3. The predicted octanol–water partition coefficient (Wildman–Crippen LogP) is -1.86. The summed E-state index contributed by atoms with van der Waals surface area (Å²) in [5, 5.41) is 11.2. The molecule has 0 unspecified atom stereocenters. The number of carbonyl (C=O) groups is 10. The van der Waals surface area contributed by atoms with Crippen molar-refractivity contribution in [1.29, 1.82) is 0 Å². The Morgan fingerprint density at radius 2 is 0.594 bits per heavy atom. The highest BCUT2D eigenvalue weighted by molar-refractivity contribution is 5.70. The number of hydrogen-bond acceptors (Lipinski definition) is 26. The summed E-state index contributed by atoms with van der Waals surface area (Å²) in [6.07, 6.45) is -27.9. The summed E-state index contributed by atoms with van der Waals surface area (Å²) in [5.41, 5.74) is 0. The topological polar surface area (TPSA) is 329 Å². The van der Waals surface area contributed by atoms with E-state index >= 15 is 0 Å². The van der Waals surface area contributed by atoms with Gasteiger partial charge in [0, 0.05) is 69.2 Å². The summed E-state index contributed by atoms with van der Waals surface area (Å²) in [6.45, 7) is 7.64. The molecule has 1 N–H and O–H groups in total. The molecule has 0 aromatic heterocycles. The Balaban J connectivity index is 2.37. The first kappa shape index (κ1) is 52.8. The quantitative estimate of drug-likeness (QED) is 0.123. The molecule has 360 valence electrons. The Kier molecular flexibility index (Phi) is 19.8. The van der Waals surface area contributed by atoms with Crippen molar-refractivity contribution in [3.05, 3.63) is 0 Å². The van der Waals surface area contributed by atoms with Gasteiger partial charge in [-0.2, -0.15) is 0 Å². The Morgan fingerprint density at radius 3 is 0.953 bits per heavy atom. The lowest BCUT2D eigenvalue weighted by atomic mass is 9.95. The molecular weight excluding hydrogens is 872 g/mol. The van der Waals surface area contributed by atoms with E-state index in [1.165, 1.54) is 0 Å². The van der Waals surface area contributed by atoms with Gasteiger partial charge in [0.15, 0.2) is 67.7 Å². The van der Waals surface area contributed by atoms with Crippen molar-refractivity contribution < 1.29 is 124 Å². The summed E-state index contributed by atoms with van der Waals surface area (Å²) < 4.78 is 84.4. The van der Waals surface area contributed by atoms with E-state index in [9.17, 15) is 53.1 Å². The van der Waals surface area contributed by atoms with Crippen molar-refractivity contribution in [1.82, 2.24) is 0 Å². The first-order valence-electron chi connectivity index (χ1n) is 19.4. The minimum atomic E-state index is -2.13. The zero-order chi connectivity index (χ0) is 48.2. The van der Waals surface area contributed by atoms with E-state index in [1.807, 2.05) is 0 Å². The van der Waals surface area contributed by atoms with E-state index < -0.39 is 172 Å². The Labute approximate surface area is 364 Å². The van der Waals surface area contributed by atoms with Crippen molar-refractivity contribution in [3.63, 3.8) is 0 Å². The normalized spacial score (nSPS) is 32.3. The smallest absolute Gasteiger partial charge is 0.303 e. The number of rotatable bonds is 17. The van der Waals surface area contributed by atoms with Crippen LogP contribution in [0, 0.1) is 0 Å². The molecule has 0 bridgehead atoms. The Bertz CT molecular complexity index is 1730. The van der Waals surface area contributed by atoms with Crippen LogP contribution in [0.2, 0.25) is 0 Å². The fourth-order valence-corrected chi connectivity index (χ4v) is 6.77. The molecule has 0 aromatic rings. The van der Waals surface area contributed by atoms with E-state index in [2.05, 4.69) is 0 Å². The average Bonchev–Trinajstić information content (AvgIpc) is 3.14. The molecule has 3 heterocycles. The molecule has 0 radical (unpaired) electrons. The summed E-state index contributed by atoms with van der Waals surface area (Å²) in [4.78, 5) is 124. The standard InChI is InChI=1S/C38H52O26/c1-14(39)50-11-24-27(53-17(4)42)30(33(36(49)60-24)58-22(9)47)63-38-35(32(57-21(8)46)29(55-19(6)44)26(62-38)13-52-16(3)41)64-37-34(59-23(10)48)31(56-20(7)45)28(54-18(5)43)25(61-37)12-51-15(2)40/h24-38,49H,11-13H2,1-10H3/t24-,25+,26-,27+,28-,29+,30+,31-,32+,33-,34+,35-,36-,37+,38+/m1/s1. The molecule has 3 aliphatic rings. The van der Waals surface area contributed by atoms with Crippen molar-refractivity contribution >= 4 is 59.7 Å². The fraction of sp³-hybridized carbons (Fsp3) is 0.737. The number of aliphatic hydroxyl groups is 1. The number of esters is 10. The molecule has 26 nitrogen and oxygen atoms in total. The third-order valence-electron chi connectivity index (χ3n) is 8.84. The van der Waals surface area contributed by atoms with Crippen LogP contribution in [0.15, 0.2) is 0 Å². The van der Waals surface area contributed by atoms with Gasteiger partial charge in [-0.15, -0.1) is 0 Å².